The molecule has 12 heteroatoms. The fourth-order valence-corrected chi connectivity index (χ4v) is 4.88. The largest absolute Gasteiger partial charge is 0.310 e. The molecular weight excluding hydrogens is 540 g/mol. The second-order valence-corrected chi connectivity index (χ2v) is 10.1. The van der Waals surface area contributed by atoms with Crippen LogP contribution in [0.2, 0.25) is 0 Å². The van der Waals surface area contributed by atoms with Gasteiger partial charge in [0.1, 0.15) is 23.0 Å². The normalized spacial score (nSPS) is 13.9. The number of pyridine rings is 1. The number of amides is 1. The second kappa shape index (κ2) is 9.58. The van der Waals surface area contributed by atoms with E-state index in [9.17, 15) is 27.2 Å². The van der Waals surface area contributed by atoms with Gasteiger partial charge in [-0.05, 0) is 49.7 Å². The number of hydrogen-bond acceptors (Lipinski definition) is 6. The zero-order chi connectivity index (χ0) is 29.1. The Morgan fingerprint density at radius 1 is 0.976 bits per heavy atom. The Morgan fingerprint density at radius 2 is 1.71 bits per heavy atom. The molecule has 1 N–H and O–H groups in total. The zero-order valence-electron chi connectivity index (χ0n) is 21.7. The van der Waals surface area contributed by atoms with Crippen LogP contribution in [0, 0.1) is 23.3 Å². The van der Waals surface area contributed by atoms with E-state index >= 15 is 0 Å². The number of rotatable bonds is 6. The number of carbonyl (C=O) groups is 2. The van der Waals surface area contributed by atoms with E-state index in [1.54, 1.807) is 50.4 Å². The number of aromatic nitrogens is 5. The number of hydrogen-bond donors (Lipinski definition) is 1. The highest BCUT2D eigenvalue weighted by Crippen LogP contribution is 2.40. The summed E-state index contributed by atoms with van der Waals surface area (Å²) in [5.41, 5.74) is -0.256. The number of nitrogens with one attached hydrogen (secondary N) is 1. The molecule has 0 spiro atoms. The van der Waals surface area contributed by atoms with Gasteiger partial charge in [-0.15, -0.1) is 0 Å². The molecule has 0 saturated heterocycles. The van der Waals surface area contributed by atoms with Crippen LogP contribution in [0.15, 0.2) is 54.7 Å². The van der Waals surface area contributed by atoms with Crippen molar-refractivity contribution in [2.24, 2.45) is 0 Å². The Hall–Kier alpha value is -5.00. The molecular formula is C29H20F4N6O2. The molecule has 41 heavy (non-hydrogen) atoms. The Bertz CT molecular complexity index is 1880. The number of benzene rings is 2. The topological polar surface area (TPSA) is 103 Å². The minimum absolute atomic E-state index is 0.0214. The number of halogens is 4. The van der Waals surface area contributed by atoms with E-state index < -0.39 is 46.8 Å². The molecule has 206 valence electrons. The molecule has 0 radical (unpaired) electrons. The van der Waals surface area contributed by atoms with Crippen molar-refractivity contribution >= 4 is 28.5 Å². The molecule has 0 fully saturated rings. The van der Waals surface area contributed by atoms with E-state index in [0.29, 0.717) is 16.6 Å². The number of ketones is 1. The highest BCUT2D eigenvalue weighted by atomic mass is 19.2. The van der Waals surface area contributed by atoms with Crippen LogP contribution in [-0.4, -0.2) is 36.4 Å². The van der Waals surface area contributed by atoms with E-state index in [2.05, 4.69) is 25.4 Å². The summed E-state index contributed by atoms with van der Waals surface area (Å²) in [7, 11) is 0. The summed E-state index contributed by atoms with van der Waals surface area (Å²) in [4.78, 5) is 39.8. The van der Waals surface area contributed by atoms with Gasteiger partial charge in [-0.1, -0.05) is 18.2 Å². The number of nitrogens with zero attached hydrogens (tertiary/aromatic N) is 5. The lowest BCUT2D eigenvalue weighted by molar-refractivity contribution is -0.119. The quantitative estimate of drug-likeness (QED) is 0.175. The maximum Gasteiger partial charge on any atom is 0.235 e. The van der Waals surface area contributed by atoms with Gasteiger partial charge < -0.3 is 5.32 Å². The lowest BCUT2D eigenvalue weighted by atomic mass is 9.84. The van der Waals surface area contributed by atoms with Gasteiger partial charge in [-0.25, -0.2) is 37.2 Å². The molecule has 1 amide bonds. The number of fused-ring (bicyclic) bond motifs is 2. The minimum Gasteiger partial charge on any atom is -0.310 e. The van der Waals surface area contributed by atoms with Gasteiger partial charge in [0.2, 0.25) is 5.91 Å². The molecule has 0 unspecified atom stereocenters. The Balaban J connectivity index is 1.49. The average molecular weight is 561 g/mol. The van der Waals surface area contributed by atoms with Crippen molar-refractivity contribution < 1.29 is 27.2 Å². The third-order valence-corrected chi connectivity index (χ3v) is 7.00. The number of anilines is 1. The van der Waals surface area contributed by atoms with Gasteiger partial charge in [0.05, 0.1) is 17.3 Å². The van der Waals surface area contributed by atoms with Crippen LogP contribution in [0.5, 0.6) is 0 Å². The maximum atomic E-state index is 14.4. The Morgan fingerprint density at radius 3 is 2.44 bits per heavy atom. The zero-order valence-corrected chi connectivity index (χ0v) is 21.7. The molecule has 0 bridgehead atoms. The maximum absolute atomic E-state index is 14.4. The molecule has 8 nitrogen and oxygen atoms in total. The minimum atomic E-state index is -1.64. The lowest BCUT2D eigenvalue weighted by Gasteiger charge is -2.18. The van der Waals surface area contributed by atoms with E-state index in [4.69, 9.17) is 0 Å². The highest BCUT2D eigenvalue weighted by molar-refractivity contribution is 6.10. The second-order valence-electron chi connectivity index (χ2n) is 10.1. The first-order valence-electron chi connectivity index (χ1n) is 12.5. The van der Waals surface area contributed by atoms with Gasteiger partial charge in [0, 0.05) is 23.7 Å². The van der Waals surface area contributed by atoms with Gasteiger partial charge >= 0.3 is 0 Å². The summed E-state index contributed by atoms with van der Waals surface area (Å²) >= 11 is 0. The Kier molecular flexibility index (Phi) is 6.13. The van der Waals surface area contributed by atoms with Gasteiger partial charge in [-0.3, -0.25) is 9.59 Å². The van der Waals surface area contributed by atoms with E-state index in [0.717, 1.165) is 12.1 Å². The molecule has 4 heterocycles. The molecule has 3 aromatic heterocycles. The smallest absolute Gasteiger partial charge is 0.235 e. The highest BCUT2D eigenvalue weighted by Gasteiger charge is 2.44. The fraction of sp³-hybridized carbons (Fsp3) is 0.172. The number of carbonyl (C=O) groups excluding carboxylic acids is 2. The molecule has 1 aliphatic heterocycles. The van der Waals surface area contributed by atoms with Crippen LogP contribution in [0.3, 0.4) is 0 Å². The van der Waals surface area contributed by atoms with Crippen LogP contribution in [0.25, 0.3) is 22.6 Å². The van der Waals surface area contributed by atoms with Gasteiger partial charge in [0.25, 0.3) is 0 Å². The first-order chi connectivity index (χ1) is 19.5. The summed E-state index contributed by atoms with van der Waals surface area (Å²) < 4.78 is 57.1. The van der Waals surface area contributed by atoms with E-state index in [1.807, 2.05) is 0 Å². The molecule has 0 atom stereocenters. The summed E-state index contributed by atoms with van der Waals surface area (Å²) in [6.45, 7) is 3.23. The first kappa shape index (κ1) is 26.2. The van der Waals surface area contributed by atoms with Crippen LogP contribution in [-0.2, 0) is 23.2 Å². The predicted octanol–water partition coefficient (Wildman–Crippen LogP) is 5.15. The predicted molar refractivity (Wildman–Crippen MR) is 140 cm³/mol. The van der Waals surface area contributed by atoms with Crippen LogP contribution in [0.4, 0.5) is 23.4 Å². The third-order valence-electron chi connectivity index (χ3n) is 7.00. The van der Waals surface area contributed by atoms with Crippen molar-refractivity contribution in [3.05, 3.63) is 100 Å². The fourth-order valence-electron chi connectivity index (χ4n) is 4.88. The molecule has 1 aliphatic rings. The van der Waals surface area contributed by atoms with Crippen molar-refractivity contribution in [3.63, 3.8) is 0 Å². The molecule has 6 rings (SSSR count). The summed E-state index contributed by atoms with van der Waals surface area (Å²) in [5, 5.41) is 7.77. The standard InChI is InChI=1S/C29H20F4N6O2/c1-29(2)21-24(20(40)12-14-10-18(31)22(33)19(32)11-14)35-26(36-25(21)37-28(29)41)23-16-7-5-9-34-27(16)39(38-23)13-15-6-3-4-8-17(15)30/h3-11H,12-13H2,1-2H3,(H,35,36,37,41). The molecule has 0 aliphatic carbocycles. The monoisotopic (exact) mass is 560 g/mol. The SMILES string of the molecule is CC1(C)C(=O)Nc2nc(-c3nn(Cc4ccccc4F)c4ncccc34)nc(C(=O)Cc3cc(F)c(F)c(F)c3)c21. The molecule has 2 aromatic carbocycles. The molecule has 5 aromatic rings. The first-order valence-corrected chi connectivity index (χ1v) is 12.5. The van der Waals surface area contributed by atoms with Crippen molar-refractivity contribution in [1.29, 1.82) is 0 Å². The van der Waals surface area contributed by atoms with Crippen molar-refractivity contribution in [1.82, 2.24) is 24.7 Å². The third kappa shape index (κ3) is 4.41. The van der Waals surface area contributed by atoms with E-state index in [1.165, 1.54) is 10.7 Å². The number of Topliss-reactive ketones (excluding diaryl/α,β-unsaturated/α-hetero) is 1. The van der Waals surface area contributed by atoms with Gasteiger partial charge in [-0.2, -0.15) is 5.10 Å². The summed E-state index contributed by atoms with van der Waals surface area (Å²) in [5.74, 6) is -5.97. The van der Waals surface area contributed by atoms with Gasteiger partial charge in [0.15, 0.2) is 34.7 Å². The van der Waals surface area contributed by atoms with E-state index in [-0.39, 0.29) is 40.7 Å². The summed E-state index contributed by atoms with van der Waals surface area (Å²) in [6, 6.07) is 11.1. The summed E-state index contributed by atoms with van der Waals surface area (Å²) in [6.07, 6.45) is 1.03. The molecule has 0 saturated carbocycles. The van der Waals surface area contributed by atoms with Crippen LogP contribution in [0.1, 0.15) is 41.0 Å². The van der Waals surface area contributed by atoms with Crippen LogP contribution < -0.4 is 5.32 Å². The van der Waals surface area contributed by atoms with Crippen molar-refractivity contribution in [2.45, 2.75) is 32.2 Å². The average Bonchev–Trinajstić information content (AvgIpc) is 3.41. The van der Waals surface area contributed by atoms with Crippen molar-refractivity contribution in [3.8, 4) is 11.5 Å². The lowest BCUT2D eigenvalue weighted by Crippen LogP contribution is -2.29. The Labute approximate surface area is 230 Å². The van der Waals surface area contributed by atoms with Crippen molar-refractivity contribution in [2.75, 3.05) is 5.32 Å². The van der Waals surface area contributed by atoms with Crippen LogP contribution >= 0.6 is 0 Å².